The van der Waals surface area contributed by atoms with Crippen molar-refractivity contribution in [3.05, 3.63) is 34.9 Å². The number of benzene rings is 1. The van der Waals surface area contributed by atoms with Gasteiger partial charge in [0.2, 0.25) is 0 Å². The van der Waals surface area contributed by atoms with Crippen molar-refractivity contribution in [1.29, 1.82) is 0 Å². The predicted molar refractivity (Wildman–Crippen MR) is 73.2 cm³/mol. The highest BCUT2D eigenvalue weighted by Crippen LogP contribution is 2.25. The molecular weight excluding hydrogens is 240 g/mol. The summed E-state index contributed by atoms with van der Waals surface area (Å²) >= 11 is 0. The zero-order valence-electron chi connectivity index (χ0n) is 11.6. The van der Waals surface area contributed by atoms with E-state index in [1.54, 1.807) is 6.07 Å². The molecule has 0 unspecified atom stereocenters. The number of rotatable bonds is 4. The Morgan fingerprint density at radius 3 is 2.47 bits per heavy atom. The first-order valence-electron chi connectivity index (χ1n) is 6.85. The molecule has 0 aliphatic heterocycles. The molecular formula is C16H20O3. The molecule has 1 aliphatic carbocycles. The average Bonchev–Trinajstić information content (AvgIpc) is 2.92. The SMILES string of the molecule is Cc1ccc(C(=O)COC(=O)C2CCCC2)cc1C. The van der Waals surface area contributed by atoms with E-state index in [2.05, 4.69) is 0 Å². The molecule has 0 heterocycles. The molecule has 1 aromatic rings. The minimum absolute atomic E-state index is 0.00699. The van der Waals surface area contributed by atoms with E-state index >= 15 is 0 Å². The van der Waals surface area contributed by atoms with E-state index < -0.39 is 0 Å². The minimum Gasteiger partial charge on any atom is -0.457 e. The maximum absolute atomic E-state index is 12.0. The van der Waals surface area contributed by atoms with Crippen LogP contribution >= 0.6 is 0 Å². The van der Waals surface area contributed by atoms with Gasteiger partial charge in [-0.05, 0) is 43.9 Å². The third-order valence-corrected chi connectivity index (χ3v) is 3.86. The standard InChI is InChI=1S/C16H20O3/c1-11-7-8-14(9-12(11)2)15(17)10-19-16(18)13-5-3-4-6-13/h7-9,13H,3-6,10H2,1-2H3. The van der Waals surface area contributed by atoms with Crippen LogP contribution in [0.4, 0.5) is 0 Å². The summed E-state index contributed by atoms with van der Waals surface area (Å²) in [6.07, 6.45) is 3.98. The fourth-order valence-corrected chi connectivity index (χ4v) is 2.41. The Hall–Kier alpha value is -1.64. The summed E-state index contributed by atoms with van der Waals surface area (Å²) in [5.41, 5.74) is 2.84. The van der Waals surface area contributed by atoms with Crippen LogP contribution < -0.4 is 0 Å². The van der Waals surface area contributed by atoms with Crippen LogP contribution in [0.1, 0.15) is 47.2 Å². The van der Waals surface area contributed by atoms with E-state index in [0.717, 1.165) is 36.8 Å². The number of hydrogen-bond acceptors (Lipinski definition) is 3. The zero-order chi connectivity index (χ0) is 13.8. The second-order valence-corrected chi connectivity index (χ2v) is 5.31. The summed E-state index contributed by atoms with van der Waals surface area (Å²) in [6, 6.07) is 5.55. The average molecular weight is 260 g/mol. The predicted octanol–water partition coefficient (Wildman–Crippen LogP) is 3.22. The van der Waals surface area contributed by atoms with E-state index in [4.69, 9.17) is 4.74 Å². The number of carbonyl (C=O) groups excluding carboxylic acids is 2. The lowest BCUT2D eigenvalue weighted by Gasteiger charge is -2.09. The molecule has 1 fully saturated rings. The van der Waals surface area contributed by atoms with Crippen LogP contribution in [0.15, 0.2) is 18.2 Å². The highest BCUT2D eigenvalue weighted by Gasteiger charge is 2.24. The maximum atomic E-state index is 12.0. The number of hydrogen-bond donors (Lipinski definition) is 0. The van der Waals surface area contributed by atoms with Crippen LogP contribution in [0, 0.1) is 19.8 Å². The van der Waals surface area contributed by atoms with Gasteiger partial charge >= 0.3 is 5.97 Å². The summed E-state index contributed by atoms with van der Waals surface area (Å²) in [6.45, 7) is 3.83. The third-order valence-electron chi connectivity index (χ3n) is 3.86. The summed E-state index contributed by atoms with van der Waals surface area (Å²) in [5, 5.41) is 0. The van der Waals surface area contributed by atoms with Crippen LogP contribution in [-0.2, 0) is 9.53 Å². The van der Waals surface area contributed by atoms with Gasteiger partial charge in [-0.3, -0.25) is 9.59 Å². The molecule has 1 aliphatic rings. The van der Waals surface area contributed by atoms with Crippen LogP contribution in [0.5, 0.6) is 0 Å². The molecule has 19 heavy (non-hydrogen) atoms. The fourth-order valence-electron chi connectivity index (χ4n) is 2.41. The van der Waals surface area contributed by atoms with E-state index in [1.807, 2.05) is 26.0 Å². The topological polar surface area (TPSA) is 43.4 Å². The molecule has 0 aromatic heterocycles. The molecule has 3 nitrogen and oxygen atoms in total. The Morgan fingerprint density at radius 1 is 1.16 bits per heavy atom. The summed E-state index contributed by atoms with van der Waals surface area (Å²) in [7, 11) is 0. The van der Waals surface area contributed by atoms with Gasteiger partial charge in [-0.2, -0.15) is 0 Å². The van der Waals surface area contributed by atoms with E-state index in [9.17, 15) is 9.59 Å². The Morgan fingerprint density at radius 2 is 1.84 bits per heavy atom. The van der Waals surface area contributed by atoms with Crippen molar-refractivity contribution in [1.82, 2.24) is 0 Å². The molecule has 2 rings (SSSR count). The number of Topliss-reactive ketones (excluding diaryl/α,β-unsaturated/α-hetero) is 1. The van der Waals surface area contributed by atoms with E-state index in [-0.39, 0.29) is 24.3 Å². The Labute approximate surface area is 114 Å². The van der Waals surface area contributed by atoms with Crippen molar-refractivity contribution in [3.8, 4) is 0 Å². The smallest absolute Gasteiger partial charge is 0.309 e. The van der Waals surface area contributed by atoms with Gasteiger partial charge in [0.15, 0.2) is 12.4 Å². The number of esters is 1. The van der Waals surface area contributed by atoms with Crippen LogP contribution in [0.2, 0.25) is 0 Å². The quantitative estimate of drug-likeness (QED) is 0.616. The maximum Gasteiger partial charge on any atom is 0.309 e. The Kier molecular flexibility index (Phi) is 4.35. The molecule has 0 atom stereocenters. The first-order valence-corrected chi connectivity index (χ1v) is 6.85. The summed E-state index contributed by atoms with van der Waals surface area (Å²) in [5.74, 6) is -0.336. The number of ketones is 1. The molecule has 0 amide bonds. The lowest BCUT2D eigenvalue weighted by atomic mass is 10.0. The van der Waals surface area contributed by atoms with Gasteiger partial charge in [-0.15, -0.1) is 0 Å². The monoisotopic (exact) mass is 260 g/mol. The fraction of sp³-hybridized carbons (Fsp3) is 0.500. The second-order valence-electron chi connectivity index (χ2n) is 5.31. The number of ether oxygens (including phenoxy) is 1. The van der Waals surface area contributed by atoms with Crippen LogP contribution in [0.25, 0.3) is 0 Å². The minimum atomic E-state index is -0.213. The van der Waals surface area contributed by atoms with Crippen molar-refractivity contribution >= 4 is 11.8 Å². The normalized spacial score (nSPS) is 15.5. The van der Waals surface area contributed by atoms with Gasteiger partial charge < -0.3 is 4.74 Å². The largest absolute Gasteiger partial charge is 0.457 e. The third kappa shape index (κ3) is 3.43. The lowest BCUT2D eigenvalue weighted by molar-refractivity contribution is -0.147. The molecule has 1 aromatic carbocycles. The number of carbonyl (C=O) groups is 2. The van der Waals surface area contributed by atoms with Gasteiger partial charge in [0.1, 0.15) is 0 Å². The van der Waals surface area contributed by atoms with Gasteiger partial charge in [-0.1, -0.05) is 25.0 Å². The van der Waals surface area contributed by atoms with Gasteiger partial charge in [0, 0.05) is 5.56 Å². The van der Waals surface area contributed by atoms with Crippen LogP contribution in [0.3, 0.4) is 0 Å². The summed E-state index contributed by atoms with van der Waals surface area (Å²) < 4.78 is 5.12. The highest BCUT2D eigenvalue weighted by atomic mass is 16.5. The van der Waals surface area contributed by atoms with Gasteiger partial charge in [-0.25, -0.2) is 0 Å². The Bertz CT molecular complexity index is 485. The zero-order valence-corrected chi connectivity index (χ0v) is 11.6. The first-order chi connectivity index (χ1) is 9.08. The molecule has 0 radical (unpaired) electrons. The molecule has 102 valence electrons. The first kappa shape index (κ1) is 13.8. The number of aryl methyl sites for hydroxylation is 2. The van der Waals surface area contributed by atoms with Crippen molar-refractivity contribution in [2.24, 2.45) is 5.92 Å². The molecule has 3 heteroatoms. The van der Waals surface area contributed by atoms with E-state index in [0.29, 0.717) is 5.56 Å². The molecule has 0 saturated heterocycles. The van der Waals surface area contributed by atoms with Crippen molar-refractivity contribution in [2.45, 2.75) is 39.5 Å². The highest BCUT2D eigenvalue weighted by molar-refractivity contribution is 5.98. The second kappa shape index (κ2) is 6.00. The van der Waals surface area contributed by atoms with Crippen molar-refractivity contribution < 1.29 is 14.3 Å². The lowest BCUT2D eigenvalue weighted by Crippen LogP contribution is -2.19. The molecule has 0 N–H and O–H groups in total. The van der Waals surface area contributed by atoms with Crippen molar-refractivity contribution in [3.63, 3.8) is 0 Å². The molecule has 1 saturated carbocycles. The van der Waals surface area contributed by atoms with Gasteiger partial charge in [0.25, 0.3) is 0 Å². The summed E-state index contributed by atoms with van der Waals surface area (Å²) in [4.78, 5) is 23.7. The van der Waals surface area contributed by atoms with E-state index in [1.165, 1.54) is 0 Å². The molecule has 0 bridgehead atoms. The Balaban J connectivity index is 1.90. The van der Waals surface area contributed by atoms with Crippen LogP contribution in [-0.4, -0.2) is 18.4 Å². The van der Waals surface area contributed by atoms with Crippen molar-refractivity contribution in [2.75, 3.05) is 6.61 Å². The van der Waals surface area contributed by atoms with Gasteiger partial charge in [0.05, 0.1) is 5.92 Å². The molecule has 0 spiro atoms.